The third-order valence-electron chi connectivity index (χ3n) is 2.61. The number of hydrogen-bond acceptors (Lipinski definition) is 3. The third kappa shape index (κ3) is 2.27. The van der Waals surface area contributed by atoms with Crippen LogP contribution in [0.15, 0.2) is 18.5 Å². The molecule has 0 N–H and O–H groups in total. The van der Waals surface area contributed by atoms with Crippen molar-refractivity contribution in [3.8, 4) is 0 Å². The number of pyridine rings is 1. The molecule has 0 aliphatic heterocycles. The van der Waals surface area contributed by atoms with Crippen LogP contribution in [0.25, 0.3) is 0 Å². The Balaban J connectivity index is 2.24. The highest BCUT2D eigenvalue weighted by Crippen LogP contribution is 2.48. The van der Waals surface area contributed by atoms with Crippen LogP contribution in [0.4, 0.5) is 0 Å². The van der Waals surface area contributed by atoms with Gasteiger partial charge in [-0.15, -0.1) is 0 Å². The monoisotopic (exact) mass is 265 g/mol. The van der Waals surface area contributed by atoms with Gasteiger partial charge in [0.1, 0.15) is 0 Å². The second-order valence-electron chi connectivity index (χ2n) is 3.81. The second-order valence-corrected chi connectivity index (χ2v) is 7.21. The molecular formula is C9H9Cl2NO2S. The fourth-order valence-electron chi connectivity index (χ4n) is 1.57. The molecule has 1 heterocycles. The van der Waals surface area contributed by atoms with Gasteiger partial charge in [0.2, 0.25) is 9.05 Å². The van der Waals surface area contributed by atoms with E-state index in [0.717, 1.165) is 5.56 Å². The van der Waals surface area contributed by atoms with Gasteiger partial charge in [-0.25, -0.2) is 8.42 Å². The molecule has 82 valence electrons. The Morgan fingerprint density at radius 1 is 1.40 bits per heavy atom. The number of aromatic nitrogens is 1. The van der Waals surface area contributed by atoms with Crippen LogP contribution in [0.5, 0.6) is 0 Å². The van der Waals surface area contributed by atoms with Crippen LogP contribution in [-0.4, -0.2) is 18.1 Å². The van der Waals surface area contributed by atoms with Crippen LogP contribution in [-0.2, 0) is 15.5 Å². The average Bonchev–Trinajstić information content (AvgIpc) is 2.84. The molecule has 1 aliphatic carbocycles. The number of rotatable bonds is 3. The minimum atomic E-state index is -3.50. The number of hydrogen-bond donors (Lipinski definition) is 0. The zero-order chi connectivity index (χ0) is 11.1. The first-order valence-electron chi connectivity index (χ1n) is 4.47. The maximum Gasteiger partial charge on any atom is 0.238 e. The quantitative estimate of drug-likeness (QED) is 0.789. The molecule has 0 amide bonds. The highest BCUT2D eigenvalue weighted by Gasteiger charge is 2.53. The van der Waals surface area contributed by atoms with Gasteiger partial charge >= 0.3 is 0 Å². The molecule has 1 saturated carbocycles. The van der Waals surface area contributed by atoms with E-state index in [-0.39, 0.29) is 0 Å². The van der Waals surface area contributed by atoms with Gasteiger partial charge in [-0.05, 0) is 30.9 Å². The minimum Gasteiger partial charge on any atom is -0.263 e. The normalized spacial score (nSPS) is 18.8. The van der Waals surface area contributed by atoms with Gasteiger partial charge in [0.05, 0.1) is 9.77 Å². The van der Waals surface area contributed by atoms with Crippen molar-refractivity contribution in [1.82, 2.24) is 4.98 Å². The Hall–Kier alpha value is -0.320. The highest BCUT2D eigenvalue weighted by atomic mass is 35.7. The van der Waals surface area contributed by atoms with Crippen LogP contribution in [0.2, 0.25) is 5.02 Å². The Morgan fingerprint density at radius 3 is 2.53 bits per heavy atom. The van der Waals surface area contributed by atoms with Crippen LogP contribution < -0.4 is 0 Å². The molecule has 1 aromatic heterocycles. The van der Waals surface area contributed by atoms with Gasteiger partial charge in [-0.2, -0.15) is 0 Å². The lowest BCUT2D eigenvalue weighted by atomic mass is 10.1. The Bertz CT molecular complexity index is 483. The first-order valence-corrected chi connectivity index (χ1v) is 7.15. The lowest BCUT2D eigenvalue weighted by Gasteiger charge is -2.10. The lowest BCUT2D eigenvalue weighted by Crippen LogP contribution is -2.20. The molecule has 3 nitrogen and oxygen atoms in total. The van der Waals surface area contributed by atoms with Crippen LogP contribution in [0, 0.1) is 0 Å². The van der Waals surface area contributed by atoms with E-state index in [4.69, 9.17) is 22.3 Å². The van der Waals surface area contributed by atoms with E-state index in [2.05, 4.69) is 4.98 Å². The zero-order valence-electron chi connectivity index (χ0n) is 7.78. The summed E-state index contributed by atoms with van der Waals surface area (Å²) in [5.41, 5.74) is 0.809. The summed E-state index contributed by atoms with van der Waals surface area (Å²) in [7, 11) is 1.89. The van der Waals surface area contributed by atoms with Crippen molar-refractivity contribution in [1.29, 1.82) is 0 Å². The molecule has 1 aromatic rings. The first-order chi connectivity index (χ1) is 6.93. The van der Waals surface area contributed by atoms with Crippen molar-refractivity contribution in [3.63, 3.8) is 0 Å². The predicted octanol–water partition coefficient (Wildman–Crippen LogP) is 2.38. The minimum absolute atomic E-state index is 0.395. The summed E-state index contributed by atoms with van der Waals surface area (Å²) in [6.45, 7) is 0. The smallest absolute Gasteiger partial charge is 0.238 e. The van der Waals surface area contributed by atoms with Crippen LogP contribution in [0.1, 0.15) is 18.4 Å². The van der Waals surface area contributed by atoms with Gasteiger partial charge in [0, 0.05) is 23.1 Å². The molecule has 6 heteroatoms. The molecule has 0 saturated heterocycles. The van der Waals surface area contributed by atoms with Crippen LogP contribution >= 0.6 is 22.3 Å². The molecule has 15 heavy (non-hydrogen) atoms. The first kappa shape index (κ1) is 11.2. The van der Waals surface area contributed by atoms with E-state index in [1.807, 2.05) is 0 Å². The maximum atomic E-state index is 11.3. The molecule has 2 rings (SSSR count). The van der Waals surface area contributed by atoms with Gasteiger partial charge in [-0.1, -0.05) is 11.6 Å². The lowest BCUT2D eigenvalue weighted by molar-refractivity contribution is 0.590. The molecule has 0 radical (unpaired) electrons. The van der Waals surface area contributed by atoms with Gasteiger partial charge in [-0.3, -0.25) is 4.98 Å². The van der Waals surface area contributed by atoms with Gasteiger partial charge in [0.25, 0.3) is 0 Å². The summed E-state index contributed by atoms with van der Waals surface area (Å²) in [6, 6.07) is 1.72. The summed E-state index contributed by atoms with van der Waals surface area (Å²) in [4.78, 5) is 3.91. The summed E-state index contributed by atoms with van der Waals surface area (Å²) in [6.07, 6.45) is 4.76. The molecule has 0 bridgehead atoms. The summed E-state index contributed by atoms with van der Waals surface area (Å²) in [5, 5.41) is 0.510. The van der Waals surface area contributed by atoms with E-state index in [1.165, 1.54) is 6.20 Å². The summed E-state index contributed by atoms with van der Waals surface area (Å²) >= 11 is 5.76. The molecule has 1 fully saturated rings. The molecule has 0 spiro atoms. The highest BCUT2D eigenvalue weighted by molar-refractivity contribution is 8.15. The van der Waals surface area contributed by atoms with E-state index in [9.17, 15) is 8.42 Å². The average molecular weight is 266 g/mol. The molecule has 0 aromatic carbocycles. The topological polar surface area (TPSA) is 47.0 Å². The Kier molecular flexibility index (Phi) is 2.69. The molecule has 1 aliphatic rings. The van der Waals surface area contributed by atoms with E-state index >= 15 is 0 Å². The van der Waals surface area contributed by atoms with Crippen LogP contribution in [0.3, 0.4) is 0 Å². The predicted molar refractivity (Wildman–Crippen MR) is 59.7 cm³/mol. The molecule has 0 unspecified atom stereocenters. The Morgan fingerprint density at radius 2 is 2.07 bits per heavy atom. The molecular weight excluding hydrogens is 257 g/mol. The third-order valence-corrected chi connectivity index (χ3v) is 5.39. The van der Waals surface area contributed by atoms with E-state index in [1.54, 1.807) is 12.3 Å². The number of halogens is 2. The summed E-state index contributed by atoms with van der Waals surface area (Å²) < 4.78 is 21.9. The SMILES string of the molecule is O=S(=O)(Cl)C1(Cc2cncc(Cl)c2)CC1. The second kappa shape index (κ2) is 3.61. The summed E-state index contributed by atoms with van der Waals surface area (Å²) in [5.74, 6) is 0. The van der Waals surface area contributed by atoms with Crippen molar-refractivity contribution in [2.75, 3.05) is 0 Å². The van der Waals surface area contributed by atoms with Crippen molar-refractivity contribution < 1.29 is 8.42 Å². The Labute approximate surface area is 97.8 Å². The van der Waals surface area contributed by atoms with Crippen molar-refractivity contribution in [2.24, 2.45) is 0 Å². The van der Waals surface area contributed by atoms with Crippen molar-refractivity contribution in [2.45, 2.75) is 24.0 Å². The van der Waals surface area contributed by atoms with Crippen molar-refractivity contribution in [3.05, 3.63) is 29.0 Å². The largest absolute Gasteiger partial charge is 0.263 e. The maximum absolute atomic E-state index is 11.3. The van der Waals surface area contributed by atoms with E-state index < -0.39 is 13.8 Å². The van der Waals surface area contributed by atoms with Gasteiger partial charge in [0.15, 0.2) is 0 Å². The van der Waals surface area contributed by atoms with Crippen molar-refractivity contribution >= 4 is 31.3 Å². The fraction of sp³-hybridized carbons (Fsp3) is 0.444. The zero-order valence-corrected chi connectivity index (χ0v) is 10.1. The fourth-order valence-corrected chi connectivity index (χ4v) is 3.32. The standard InChI is InChI=1S/C9H9Cl2NO2S/c10-8-3-7(5-12-6-8)4-9(1-2-9)15(11,13)14/h3,5-6H,1-2,4H2. The van der Waals surface area contributed by atoms with E-state index in [0.29, 0.717) is 24.3 Å². The van der Waals surface area contributed by atoms with Gasteiger partial charge < -0.3 is 0 Å². The number of nitrogens with zero attached hydrogens (tertiary/aromatic N) is 1. The molecule has 0 atom stereocenters.